The Labute approximate surface area is 166 Å². The van der Waals surface area contributed by atoms with Crippen LogP contribution in [0.1, 0.15) is 24.0 Å². The zero-order valence-corrected chi connectivity index (χ0v) is 17.3. The minimum absolute atomic E-state index is 0.175. The van der Waals surface area contributed by atoms with Crippen molar-refractivity contribution in [2.75, 3.05) is 20.7 Å². The van der Waals surface area contributed by atoms with Gasteiger partial charge in [0.25, 0.3) is 0 Å². The summed E-state index contributed by atoms with van der Waals surface area (Å²) in [5.74, 6) is 0.304. The molecule has 0 saturated carbocycles. The van der Waals surface area contributed by atoms with Crippen LogP contribution >= 0.6 is 0 Å². The molecule has 0 unspecified atom stereocenters. The Kier molecular flexibility index (Phi) is 6.05. The van der Waals surface area contributed by atoms with E-state index in [0.29, 0.717) is 37.2 Å². The summed E-state index contributed by atoms with van der Waals surface area (Å²) in [4.78, 5) is 14.8. The first-order chi connectivity index (χ1) is 13.3. The van der Waals surface area contributed by atoms with E-state index in [0.717, 1.165) is 5.56 Å². The largest absolute Gasteiger partial charge is 0.497 e. The van der Waals surface area contributed by atoms with Gasteiger partial charge in [-0.15, -0.1) is 0 Å². The van der Waals surface area contributed by atoms with E-state index in [1.54, 1.807) is 31.0 Å². The second kappa shape index (κ2) is 8.32. The highest BCUT2D eigenvalue weighted by molar-refractivity contribution is 7.89. The summed E-state index contributed by atoms with van der Waals surface area (Å²) in [6.45, 7) is 2.54. The van der Waals surface area contributed by atoms with E-state index >= 15 is 0 Å². The Balaban J connectivity index is 1.84. The number of carbonyl (C=O) groups excluding carboxylic acids is 1. The topological polar surface area (TPSA) is 66.9 Å². The zero-order valence-electron chi connectivity index (χ0n) is 16.5. The van der Waals surface area contributed by atoms with Crippen molar-refractivity contribution in [2.45, 2.75) is 37.2 Å². The SMILES string of the molecule is COc1ccc(C)c(S(=O)(=O)N2CCC[C@H]2C(=O)N(C)Cc2ccccc2)c1. The van der Waals surface area contributed by atoms with Crippen molar-refractivity contribution in [3.05, 3.63) is 59.7 Å². The number of amides is 1. The Bertz CT molecular complexity index is 944. The van der Waals surface area contributed by atoms with Gasteiger partial charge in [-0.05, 0) is 37.0 Å². The number of hydrogen-bond donors (Lipinski definition) is 0. The average Bonchev–Trinajstić information content (AvgIpc) is 3.19. The molecule has 3 rings (SSSR count). The minimum atomic E-state index is -3.80. The fourth-order valence-electron chi connectivity index (χ4n) is 3.58. The van der Waals surface area contributed by atoms with Crippen LogP contribution in [0.5, 0.6) is 5.75 Å². The van der Waals surface area contributed by atoms with Crippen LogP contribution in [-0.4, -0.2) is 50.3 Å². The lowest BCUT2D eigenvalue weighted by atomic mass is 10.1. The third-order valence-corrected chi connectivity index (χ3v) is 7.16. The van der Waals surface area contributed by atoms with E-state index in [1.807, 2.05) is 30.3 Å². The van der Waals surface area contributed by atoms with Crippen LogP contribution in [-0.2, 0) is 21.4 Å². The molecule has 0 radical (unpaired) electrons. The van der Waals surface area contributed by atoms with Gasteiger partial charge in [-0.3, -0.25) is 4.79 Å². The lowest BCUT2D eigenvalue weighted by Crippen LogP contribution is -2.46. The lowest BCUT2D eigenvalue weighted by Gasteiger charge is -2.28. The molecular weight excluding hydrogens is 376 g/mol. The predicted molar refractivity (Wildman–Crippen MR) is 108 cm³/mol. The smallest absolute Gasteiger partial charge is 0.244 e. The molecule has 6 nitrogen and oxygen atoms in total. The van der Waals surface area contributed by atoms with Gasteiger partial charge in [0, 0.05) is 26.2 Å². The van der Waals surface area contributed by atoms with Crippen LogP contribution < -0.4 is 4.74 Å². The van der Waals surface area contributed by atoms with Gasteiger partial charge in [0.05, 0.1) is 12.0 Å². The Morgan fingerprint density at radius 3 is 2.61 bits per heavy atom. The molecule has 0 aromatic heterocycles. The number of hydrogen-bond acceptors (Lipinski definition) is 4. The summed E-state index contributed by atoms with van der Waals surface area (Å²) in [5, 5.41) is 0. The maximum absolute atomic E-state index is 13.3. The highest BCUT2D eigenvalue weighted by atomic mass is 32.2. The summed E-state index contributed by atoms with van der Waals surface area (Å²) in [6, 6.07) is 14.0. The van der Waals surface area contributed by atoms with Gasteiger partial charge in [0.2, 0.25) is 15.9 Å². The van der Waals surface area contributed by atoms with Crippen LogP contribution in [0.15, 0.2) is 53.4 Å². The molecule has 2 aromatic rings. The van der Waals surface area contributed by atoms with Crippen LogP contribution in [0, 0.1) is 6.92 Å². The number of nitrogens with zero attached hydrogens (tertiary/aromatic N) is 2. The number of ether oxygens (including phenoxy) is 1. The second-order valence-corrected chi connectivity index (χ2v) is 8.94. The number of benzene rings is 2. The van der Waals surface area contributed by atoms with E-state index < -0.39 is 16.1 Å². The molecule has 1 atom stereocenters. The molecule has 7 heteroatoms. The third kappa shape index (κ3) is 4.05. The third-order valence-electron chi connectivity index (χ3n) is 5.11. The van der Waals surface area contributed by atoms with Crippen LogP contribution in [0.4, 0.5) is 0 Å². The predicted octanol–water partition coefficient (Wildman–Crippen LogP) is 2.82. The fourth-order valence-corrected chi connectivity index (χ4v) is 5.47. The Hall–Kier alpha value is -2.38. The standard InChI is InChI=1S/C21H26N2O4S/c1-16-11-12-18(27-3)14-20(16)28(25,26)23-13-7-10-19(23)21(24)22(2)15-17-8-5-4-6-9-17/h4-6,8-9,11-12,14,19H,7,10,13,15H2,1-3H3/t19-/m0/s1. The number of methoxy groups -OCH3 is 1. The van der Waals surface area contributed by atoms with E-state index in [2.05, 4.69) is 0 Å². The van der Waals surface area contributed by atoms with Gasteiger partial charge in [0.1, 0.15) is 11.8 Å². The van der Waals surface area contributed by atoms with E-state index in [1.165, 1.54) is 17.5 Å². The van der Waals surface area contributed by atoms with Gasteiger partial charge in [0.15, 0.2) is 0 Å². The lowest BCUT2D eigenvalue weighted by molar-refractivity contribution is -0.133. The van der Waals surface area contributed by atoms with Crippen LogP contribution in [0.3, 0.4) is 0 Å². The Morgan fingerprint density at radius 2 is 1.93 bits per heavy atom. The first kappa shape index (κ1) is 20.4. The molecule has 1 fully saturated rings. The van der Waals surface area contributed by atoms with Gasteiger partial charge in [-0.2, -0.15) is 4.31 Å². The van der Waals surface area contributed by atoms with E-state index in [9.17, 15) is 13.2 Å². The van der Waals surface area contributed by atoms with E-state index in [4.69, 9.17) is 4.74 Å². The van der Waals surface area contributed by atoms with Crippen molar-refractivity contribution in [1.29, 1.82) is 0 Å². The fraction of sp³-hybridized carbons (Fsp3) is 0.381. The van der Waals surface area contributed by atoms with Gasteiger partial charge < -0.3 is 9.64 Å². The molecule has 0 spiro atoms. The van der Waals surface area contributed by atoms with Crippen LogP contribution in [0.25, 0.3) is 0 Å². The highest BCUT2D eigenvalue weighted by Gasteiger charge is 2.41. The number of sulfonamides is 1. The van der Waals surface area contributed by atoms with Crippen molar-refractivity contribution >= 4 is 15.9 Å². The number of aryl methyl sites for hydroxylation is 1. The van der Waals surface area contributed by atoms with Gasteiger partial charge >= 0.3 is 0 Å². The zero-order chi connectivity index (χ0) is 20.3. The molecule has 2 aromatic carbocycles. The van der Waals surface area contributed by atoms with E-state index in [-0.39, 0.29) is 10.8 Å². The molecule has 1 amide bonds. The molecule has 150 valence electrons. The summed E-state index contributed by atoms with van der Waals surface area (Å²) < 4.78 is 33.2. The molecule has 1 aliphatic rings. The average molecular weight is 403 g/mol. The maximum atomic E-state index is 13.3. The van der Waals surface area contributed by atoms with Crippen molar-refractivity contribution in [2.24, 2.45) is 0 Å². The molecule has 1 aliphatic heterocycles. The maximum Gasteiger partial charge on any atom is 0.244 e. The summed E-state index contributed by atoms with van der Waals surface area (Å²) in [7, 11) is -0.577. The normalized spacial score (nSPS) is 17.5. The number of likely N-dealkylation sites (N-methyl/N-ethyl adjacent to an activating group) is 1. The van der Waals surface area contributed by atoms with Gasteiger partial charge in [-0.1, -0.05) is 36.4 Å². The highest BCUT2D eigenvalue weighted by Crippen LogP contribution is 2.31. The quantitative estimate of drug-likeness (QED) is 0.745. The summed E-state index contributed by atoms with van der Waals surface area (Å²) in [6.07, 6.45) is 1.19. The van der Waals surface area contributed by atoms with Crippen molar-refractivity contribution in [3.8, 4) is 5.75 Å². The first-order valence-corrected chi connectivity index (χ1v) is 10.7. The minimum Gasteiger partial charge on any atom is -0.497 e. The molecule has 1 heterocycles. The number of rotatable bonds is 6. The summed E-state index contributed by atoms with van der Waals surface area (Å²) >= 11 is 0. The summed E-state index contributed by atoms with van der Waals surface area (Å²) in [5.41, 5.74) is 1.64. The van der Waals surface area contributed by atoms with Crippen molar-refractivity contribution in [3.63, 3.8) is 0 Å². The molecule has 0 N–H and O–H groups in total. The molecule has 0 aliphatic carbocycles. The molecular formula is C21H26N2O4S. The van der Waals surface area contributed by atoms with Crippen LogP contribution in [0.2, 0.25) is 0 Å². The van der Waals surface area contributed by atoms with Crippen molar-refractivity contribution < 1.29 is 17.9 Å². The Morgan fingerprint density at radius 1 is 1.21 bits per heavy atom. The number of carbonyl (C=O) groups is 1. The molecule has 1 saturated heterocycles. The second-order valence-electron chi connectivity index (χ2n) is 7.09. The van der Waals surface area contributed by atoms with Gasteiger partial charge in [-0.25, -0.2) is 8.42 Å². The monoisotopic (exact) mass is 402 g/mol. The molecule has 28 heavy (non-hydrogen) atoms. The first-order valence-electron chi connectivity index (χ1n) is 9.30. The van der Waals surface area contributed by atoms with Crippen molar-refractivity contribution in [1.82, 2.24) is 9.21 Å². The molecule has 0 bridgehead atoms.